The van der Waals surface area contributed by atoms with Gasteiger partial charge in [0.2, 0.25) is 0 Å². The molecule has 0 saturated carbocycles. The fourth-order valence-corrected chi connectivity index (χ4v) is 4.30. The van der Waals surface area contributed by atoms with E-state index in [-0.39, 0.29) is 12.6 Å². The lowest BCUT2D eigenvalue weighted by molar-refractivity contribution is -0.0388. The minimum Gasteiger partial charge on any atom is -0.444 e. The normalized spacial score (nSPS) is 15.9. The van der Waals surface area contributed by atoms with Crippen LogP contribution in [-0.4, -0.2) is 67.3 Å². The highest BCUT2D eigenvalue weighted by Crippen LogP contribution is 2.33. The zero-order chi connectivity index (χ0) is 27.7. The van der Waals surface area contributed by atoms with Crippen molar-refractivity contribution in [3.63, 3.8) is 0 Å². The summed E-state index contributed by atoms with van der Waals surface area (Å²) in [5.41, 5.74) is 2.49. The number of nitrogens with one attached hydrogen (secondary N) is 1. The number of morpholine rings is 1. The van der Waals surface area contributed by atoms with Crippen LogP contribution in [0.3, 0.4) is 0 Å². The number of nitrogens with zero attached hydrogens (tertiary/aromatic N) is 7. The number of rotatable bonds is 5. The van der Waals surface area contributed by atoms with E-state index in [0.717, 1.165) is 16.6 Å². The summed E-state index contributed by atoms with van der Waals surface area (Å²) in [6, 6.07) is 7.14. The van der Waals surface area contributed by atoms with Crippen LogP contribution in [0.1, 0.15) is 52.0 Å². The van der Waals surface area contributed by atoms with Crippen LogP contribution in [0.15, 0.2) is 41.3 Å². The molecule has 12 nitrogen and oxygen atoms in total. The molecule has 1 atom stereocenters. The van der Waals surface area contributed by atoms with Crippen LogP contribution in [0.4, 0.5) is 10.5 Å². The Hall–Kier alpha value is -4.50. The van der Waals surface area contributed by atoms with Crippen LogP contribution in [0.5, 0.6) is 0 Å². The molecule has 1 saturated heterocycles. The fraction of sp³-hybridized carbons (Fsp3) is 0.407. The van der Waals surface area contributed by atoms with Gasteiger partial charge in [-0.25, -0.2) is 14.8 Å². The van der Waals surface area contributed by atoms with Crippen molar-refractivity contribution in [2.75, 3.05) is 25.1 Å². The molecule has 0 aromatic carbocycles. The van der Waals surface area contributed by atoms with Gasteiger partial charge in [-0.15, -0.1) is 0 Å². The quantitative estimate of drug-likeness (QED) is 0.392. The van der Waals surface area contributed by atoms with Crippen molar-refractivity contribution in [2.45, 2.75) is 52.3 Å². The van der Waals surface area contributed by atoms with E-state index in [0.29, 0.717) is 41.6 Å². The van der Waals surface area contributed by atoms with E-state index in [1.54, 1.807) is 34.1 Å². The molecule has 0 bridgehead atoms. The summed E-state index contributed by atoms with van der Waals surface area (Å²) >= 11 is 0. The van der Waals surface area contributed by atoms with E-state index < -0.39 is 17.7 Å². The molecule has 1 amide bonds. The van der Waals surface area contributed by atoms with Crippen molar-refractivity contribution >= 4 is 22.8 Å². The van der Waals surface area contributed by atoms with Crippen LogP contribution in [-0.2, 0) is 9.47 Å². The first-order chi connectivity index (χ1) is 18.6. The SMILES string of the molecule is CC(C)Nc1cc(-n2ncc3cc(C#N)cnc32)ncc1-c1cc([C@H]2COCCN2C(=O)OC(C)(C)C)on1. The Kier molecular flexibility index (Phi) is 6.93. The van der Waals surface area contributed by atoms with Gasteiger partial charge in [-0.2, -0.15) is 15.0 Å². The maximum absolute atomic E-state index is 12.9. The maximum Gasteiger partial charge on any atom is 0.411 e. The van der Waals surface area contributed by atoms with Crippen molar-refractivity contribution in [1.82, 2.24) is 29.8 Å². The predicted molar refractivity (Wildman–Crippen MR) is 142 cm³/mol. The van der Waals surface area contributed by atoms with Gasteiger partial charge >= 0.3 is 6.09 Å². The zero-order valence-corrected chi connectivity index (χ0v) is 22.5. The van der Waals surface area contributed by atoms with Crippen molar-refractivity contribution in [2.24, 2.45) is 0 Å². The average Bonchev–Trinajstić information content (AvgIpc) is 3.54. The lowest BCUT2D eigenvalue weighted by atomic mass is 10.1. The Morgan fingerprint density at radius 3 is 2.77 bits per heavy atom. The molecule has 1 fully saturated rings. The molecule has 5 heterocycles. The second kappa shape index (κ2) is 10.3. The molecule has 4 aromatic rings. The molecule has 12 heteroatoms. The summed E-state index contributed by atoms with van der Waals surface area (Å²) in [7, 11) is 0. The molecule has 0 aliphatic carbocycles. The fourth-order valence-electron chi connectivity index (χ4n) is 4.30. The van der Waals surface area contributed by atoms with Gasteiger partial charge in [0.1, 0.15) is 23.4 Å². The summed E-state index contributed by atoms with van der Waals surface area (Å²) in [6.45, 7) is 10.6. The number of carbonyl (C=O) groups excluding carboxylic acids is 1. The number of aromatic nitrogens is 5. The molecule has 5 rings (SSSR count). The Balaban J connectivity index is 1.48. The molecule has 1 aliphatic rings. The van der Waals surface area contributed by atoms with Crippen molar-refractivity contribution in [3.8, 4) is 23.1 Å². The van der Waals surface area contributed by atoms with Gasteiger partial charge in [0.15, 0.2) is 17.2 Å². The van der Waals surface area contributed by atoms with E-state index >= 15 is 0 Å². The van der Waals surface area contributed by atoms with Crippen LogP contribution >= 0.6 is 0 Å². The lowest BCUT2D eigenvalue weighted by Gasteiger charge is -2.35. The van der Waals surface area contributed by atoms with E-state index in [1.165, 1.54) is 6.20 Å². The van der Waals surface area contributed by atoms with E-state index in [9.17, 15) is 4.79 Å². The van der Waals surface area contributed by atoms with Crippen LogP contribution in [0.2, 0.25) is 0 Å². The molecular formula is C27H30N8O4. The van der Waals surface area contributed by atoms with Crippen LogP contribution in [0.25, 0.3) is 28.1 Å². The van der Waals surface area contributed by atoms with Gasteiger partial charge in [-0.1, -0.05) is 5.16 Å². The number of fused-ring (bicyclic) bond motifs is 1. The molecule has 1 N–H and O–H groups in total. The second-order valence-corrected chi connectivity index (χ2v) is 10.6. The monoisotopic (exact) mass is 530 g/mol. The van der Waals surface area contributed by atoms with E-state index in [1.807, 2.05) is 40.7 Å². The largest absolute Gasteiger partial charge is 0.444 e. The van der Waals surface area contributed by atoms with E-state index in [2.05, 4.69) is 31.6 Å². The number of hydrogen-bond acceptors (Lipinski definition) is 10. The smallest absolute Gasteiger partial charge is 0.411 e. The molecule has 39 heavy (non-hydrogen) atoms. The first-order valence-corrected chi connectivity index (χ1v) is 12.7. The number of carbonyl (C=O) groups is 1. The van der Waals surface area contributed by atoms with E-state index in [4.69, 9.17) is 19.3 Å². The standard InChI is InChI=1S/C27H30N8O4/c1-16(2)32-20-10-24(35-25-18(13-31-35)8-17(11-28)12-30-25)29-14-19(20)21-9-23(39-33-21)22-15-37-7-6-34(22)26(36)38-27(3,4)5/h8-10,12-14,16,22H,6-7,15H2,1-5H3,(H,29,32)/t22-/m1/s1. The van der Waals surface area contributed by atoms with Gasteiger partial charge in [0.25, 0.3) is 0 Å². The predicted octanol–water partition coefficient (Wildman–Crippen LogP) is 4.47. The van der Waals surface area contributed by atoms with Crippen molar-refractivity contribution in [3.05, 3.63) is 48.1 Å². The summed E-state index contributed by atoms with van der Waals surface area (Å²) < 4.78 is 18.6. The lowest BCUT2D eigenvalue weighted by Crippen LogP contribution is -2.45. The first-order valence-electron chi connectivity index (χ1n) is 12.7. The molecule has 4 aromatic heterocycles. The van der Waals surface area contributed by atoms with Gasteiger partial charge < -0.3 is 19.3 Å². The first kappa shape index (κ1) is 26.1. The van der Waals surface area contributed by atoms with Gasteiger partial charge in [-0.05, 0) is 40.7 Å². The van der Waals surface area contributed by atoms with Gasteiger partial charge in [0.05, 0.1) is 25.0 Å². The second-order valence-electron chi connectivity index (χ2n) is 10.6. The molecule has 0 unspecified atom stereocenters. The summed E-state index contributed by atoms with van der Waals surface area (Å²) in [6.07, 6.45) is 4.43. The maximum atomic E-state index is 12.9. The Labute approximate surface area is 225 Å². The molecule has 1 aliphatic heterocycles. The number of anilines is 1. The minimum absolute atomic E-state index is 0.116. The number of amides is 1. The summed E-state index contributed by atoms with van der Waals surface area (Å²) in [5, 5.41) is 22.1. The number of pyridine rings is 2. The Morgan fingerprint density at radius 1 is 1.21 bits per heavy atom. The van der Waals surface area contributed by atoms with Crippen LogP contribution in [0, 0.1) is 11.3 Å². The molecular weight excluding hydrogens is 500 g/mol. The van der Waals surface area contributed by atoms with Crippen LogP contribution < -0.4 is 5.32 Å². The third kappa shape index (κ3) is 5.53. The topological polar surface area (TPSA) is 144 Å². The van der Waals surface area contributed by atoms with Gasteiger partial charge in [-0.3, -0.25) is 4.90 Å². The number of ether oxygens (including phenoxy) is 2. The molecule has 202 valence electrons. The zero-order valence-electron chi connectivity index (χ0n) is 22.5. The van der Waals surface area contributed by atoms with Gasteiger partial charge in [0, 0.05) is 53.8 Å². The highest BCUT2D eigenvalue weighted by molar-refractivity contribution is 5.79. The average molecular weight is 531 g/mol. The highest BCUT2D eigenvalue weighted by atomic mass is 16.6. The third-order valence-corrected chi connectivity index (χ3v) is 5.98. The Morgan fingerprint density at radius 2 is 2.03 bits per heavy atom. The summed E-state index contributed by atoms with van der Waals surface area (Å²) in [5.74, 6) is 1.04. The van der Waals surface area contributed by atoms with Crippen molar-refractivity contribution < 1.29 is 18.8 Å². The van der Waals surface area contributed by atoms with Crippen molar-refractivity contribution in [1.29, 1.82) is 5.26 Å². The Bertz CT molecular complexity index is 1550. The molecule has 0 spiro atoms. The summed E-state index contributed by atoms with van der Waals surface area (Å²) in [4.78, 5) is 23.5. The highest BCUT2D eigenvalue weighted by Gasteiger charge is 2.34. The molecule has 0 radical (unpaired) electrons. The number of nitriles is 1. The number of hydrogen-bond donors (Lipinski definition) is 1. The minimum atomic E-state index is -0.620. The third-order valence-electron chi connectivity index (χ3n) is 5.98.